The summed E-state index contributed by atoms with van der Waals surface area (Å²) in [6.45, 7) is 6.52. The molecule has 0 atom stereocenters. The molecule has 0 saturated carbocycles. The van der Waals surface area contributed by atoms with Crippen molar-refractivity contribution in [1.82, 2.24) is 14.9 Å². The van der Waals surface area contributed by atoms with Crippen LogP contribution in [0.1, 0.15) is 26.7 Å². The summed E-state index contributed by atoms with van der Waals surface area (Å²) in [5.41, 5.74) is 0. The molecule has 5 nitrogen and oxygen atoms in total. The molecule has 1 aromatic heterocycles. The van der Waals surface area contributed by atoms with Gasteiger partial charge in [0.1, 0.15) is 11.6 Å². The minimum atomic E-state index is 0.621. The standard InChI is InChI=1S/C13H25N5/c1-11(2)18(4)8-6-5-7-16-13-10-15-9-12(14-3)17-13/h9-11H,5-8H2,1-4H3,(H2,14,16,17). The van der Waals surface area contributed by atoms with Gasteiger partial charge in [0.05, 0.1) is 12.4 Å². The first-order chi connectivity index (χ1) is 8.63. The number of rotatable bonds is 8. The van der Waals surface area contributed by atoms with Gasteiger partial charge in [-0.15, -0.1) is 0 Å². The number of anilines is 2. The van der Waals surface area contributed by atoms with E-state index in [-0.39, 0.29) is 0 Å². The lowest BCUT2D eigenvalue weighted by atomic mass is 10.2. The van der Waals surface area contributed by atoms with Gasteiger partial charge in [0, 0.05) is 19.6 Å². The van der Waals surface area contributed by atoms with E-state index in [0.717, 1.165) is 31.1 Å². The predicted molar refractivity (Wildman–Crippen MR) is 77.1 cm³/mol. The Morgan fingerprint density at radius 2 is 1.94 bits per heavy atom. The zero-order valence-corrected chi connectivity index (χ0v) is 11.9. The number of unbranched alkanes of at least 4 members (excludes halogenated alkanes) is 1. The Morgan fingerprint density at radius 1 is 1.22 bits per heavy atom. The summed E-state index contributed by atoms with van der Waals surface area (Å²) in [4.78, 5) is 10.8. The fourth-order valence-corrected chi connectivity index (χ4v) is 1.53. The molecule has 0 amide bonds. The van der Waals surface area contributed by atoms with Crippen molar-refractivity contribution in [2.75, 3.05) is 37.8 Å². The van der Waals surface area contributed by atoms with Gasteiger partial charge in [-0.2, -0.15) is 0 Å². The molecular formula is C13H25N5. The Morgan fingerprint density at radius 3 is 2.61 bits per heavy atom. The Bertz CT molecular complexity index is 340. The first kappa shape index (κ1) is 14.7. The molecule has 0 aliphatic heterocycles. The lowest BCUT2D eigenvalue weighted by molar-refractivity contribution is 0.269. The van der Waals surface area contributed by atoms with E-state index in [1.807, 2.05) is 7.05 Å². The highest BCUT2D eigenvalue weighted by molar-refractivity contribution is 5.40. The van der Waals surface area contributed by atoms with Gasteiger partial charge in [0.2, 0.25) is 0 Å². The van der Waals surface area contributed by atoms with Crippen molar-refractivity contribution in [3.8, 4) is 0 Å². The van der Waals surface area contributed by atoms with E-state index in [1.54, 1.807) is 12.4 Å². The summed E-state index contributed by atoms with van der Waals surface area (Å²) in [5.74, 6) is 1.62. The van der Waals surface area contributed by atoms with E-state index in [2.05, 4.69) is 46.4 Å². The van der Waals surface area contributed by atoms with Crippen molar-refractivity contribution in [2.45, 2.75) is 32.7 Å². The first-order valence-corrected chi connectivity index (χ1v) is 6.57. The summed E-state index contributed by atoms with van der Waals surface area (Å²) in [6.07, 6.45) is 5.80. The molecule has 0 saturated heterocycles. The average Bonchev–Trinajstić information content (AvgIpc) is 2.38. The quantitative estimate of drug-likeness (QED) is 0.693. The van der Waals surface area contributed by atoms with Crippen molar-refractivity contribution in [2.24, 2.45) is 0 Å². The van der Waals surface area contributed by atoms with Gasteiger partial charge in [0.25, 0.3) is 0 Å². The SMILES string of the molecule is CNc1cncc(NCCCCN(C)C(C)C)n1. The monoisotopic (exact) mass is 251 g/mol. The third-order valence-corrected chi connectivity index (χ3v) is 3.02. The molecule has 0 spiro atoms. The molecule has 0 unspecified atom stereocenters. The van der Waals surface area contributed by atoms with Crippen LogP contribution >= 0.6 is 0 Å². The van der Waals surface area contributed by atoms with E-state index >= 15 is 0 Å². The Labute approximate surface area is 110 Å². The minimum absolute atomic E-state index is 0.621. The summed E-state index contributed by atoms with van der Waals surface area (Å²) in [5, 5.41) is 6.27. The number of hydrogen-bond acceptors (Lipinski definition) is 5. The summed E-state index contributed by atoms with van der Waals surface area (Å²) < 4.78 is 0. The van der Waals surface area contributed by atoms with E-state index in [4.69, 9.17) is 0 Å². The number of nitrogens with one attached hydrogen (secondary N) is 2. The molecule has 102 valence electrons. The van der Waals surface area contributed by atoms with Gasteiger partial charge in [-0.1, -0.05) is 0 Å². The van der Waals surface area contributed by atoms with E-state index in [0.29, 0.717) is 6.04 Å². The molecule has 0 aromatic carbocycles. The second kappa shape index (κ2) is 7.87. The average molecular weight is 251 g/mol. The van der Waals surface area contributed by atoms with Crippen LogP contribution in [-0.4, -0.2) is 48.1 Å². The predicted octanol–water partition coefficient (Wildman–Crippen LogP) is 2.05. The van der Waals surface area contributed by atoms with Crippen molar-refractivity contribution in [3.63, 3.8) is 0 Å². The molecular weight excluding hydrogens is 226 g/mol. The van der Waals surface area contributed by atoms with E-state index in [9.17, 15) is 0 Å². The second-order valence-corrected chi connectivity index (χ2v) is 4.75. The first-order valence-electron chi connectivity index (χ1n) is 6.57. The zero-order valence-electron chi connectivity index (χ0n) is 11.9. The molecule has 0 radical (unpaired) electrons. The molecule has 0 aliphatic carbocycles. The fraction of sp³-hybridized carbons (Fsp3) is 0.692. The van der Waals surface area contributed by atoms with Crippen LogP contribution in [0.5, 0.6) is 0 Å². The van der Waals surface area contributed by atoms with Crippen LogP contribution in [0.4, 0.5) is 11.6 Å². The third-order valence-electron chi connectivity index (χ3n) is 3.02. The van der Waals surface area contributed by atoms with Crippen LogP contribution in [0, 0.1) is 0 Å². The van der Waals surface area contributed by atoms with Crippen molar-refractivity contribution < 1.29 is 0 Å². The molecule has 18 heavy (non-hydrogen) atoms. The molecule has 0 bridgehead atoms. The largest absolute Gasteiger partial charge is 0.372 e. The normalized spacial score (nSPS) is 11.0. The van der Waals surface area contributed by atoms with Crippen LogP contribution in [-0.2, 0) is 0 Å². The molecule has 0 fully saturated rings. The Kier molecular flexibility index (Phi) is 6.43. The van der Waals surface area contributed by atoms with Gasteiger partial charge >= 0.3 is 0 Å². The van der Waals surface area contributed by atoms with Crippen LogP contribution in [0.2, 0.25) is 0 Å². The fourth-order valence-electron chi connectivity index (χ4n) is 1.53. The summed E-state index contributed by atoms with van der Waals surface area (Å²) in [7, 11) is 4.01. The highest BCUT2D eigenvalue weighted by Gasteiger charge is 2.02. The third kappa shape index (κ3) is 5.31. The lowest BCUT2D eigenvalue weighted by Crippen LogP contribution is -2.27. The maximum Gasteiger partial charge on any atom is 0.146 e. The van der Waals surface area contributed by atoms with Crippen LogP contribution in [0.3, 0.4) is 0 Å². The maximum absolute atomic E-state index is 4.36. The highest BCUT2D eigenvalue weighted by Crippen LogP contribution is 2.06. The smallest absolute Gasteiger partial charge is 0.146 e. The minimum Gasteiger partial charge on any atom is -0.372 e. The van der Waals surface area contributed by atoms with Crippen LogP contribution < -0.4 is 10.6 Å². The molecule has 2 N–H and O–H groups in total. The van der Waals surface area contributed by atoms with E-state index < -0.39 is 0 Å². The Hall–Kier alpha value is -1.36. The van der Waals surface area contributed by atoms with Crippen molar-refractivity contribution in [1.29, 1.82) is 0 Å². The van der Waals surface area contributed by atoms with E-state index in [1.165, 1.54) is 6.42 Å². The molecule has 5 heteroatoms. The van der Waals surface area contributed by atoms with Gasteiger partial charge in [-0.05, 0) is 40.3 Å². The number of hydrogen-bond donors (Lipinski definition) is 2. The second-order valence-electron chi connectivity index (χ2n) is 4.75. The van der Waals surface area contributed by atoms with Crippen LogP contribution in [0.15, 0.2) is 12.4 Å². The molecule has 1 aromatic rings. The lowest BCUT2D eigenvalue weighted by Gasteiger charge is -2.20. The zero-order chi connectivity index (χ0) is 13.4. The highest BCUT2D eigenvalue weighted by atomic mass is 15.1. The van der Waals surface area contributed by atoms with Crippen molar-refractivity contribution >= 4 is 11.6 Å². The summed E-state index contributed by atoms with van der Waals surface area (Å²) >= 11 is 0. The summed E-state index contributed by atoms with van der Waals surface area (Å²) in [6, 6.07) is 0.621. The van der Waals surface area contributed by atoms with Gasteiger partial charge < -0.3 is 15.5 Å². The molecule has 1 rings (SSSR count). The van der Waals surface area contributed by atoms with Gasteiger partial charge in [-0.25, -0.2) is 4.98 Å². The topological polar surface area (TPSA) is 53.1 Å². The van der Waals surface area contributed by atoms with Gasteiger partial charge in [-0.3, -0.25) is 4.98 Å². The van der Waals surface area contributed by atoms with Gasteiger partial charge in [0.15, 0.2) is 0 Å². The molecule has 1 heterocycles. The number of aromatic nitrogens is 2. The Balaban J connectivity index is 2.17. The van der Waals surface area contributed by atoms with Crippen molar-refractivity contribution in [3.05, 3.63) is 12.4 Å². The molecule has 0 aliphatic rings. The number of nitrogens with zero attached hydrogens (tertiary/aromatic N) is 3. The van der Waals surface area contributed by atoms with Crippen LogP contribution in [0.25, 0.3) is 0 Å². The maximum atomic E-state index is 4.36.